The van der Waals surface area contributed by atoms with Crippen molar-refractivity contribution >= 4 is 22.4 Å². The van der Waals surface area contributed by atoms with Crippen LogP contribution < -0.4 is 10.2 Å². The molecule has 2 unspecified atom stereocenters. The van der Waals surface area contributed by atoms with Gasteiger partial charge in [-0.2, -0.15) is 5.10 Å². The van der Waals surface area contributed by atoms with Gasteiger partial charge in [0.05, 0.1) is 42.0 Å². The van der Waals surface area contributed by atoms with E-state index in [1.807, 2.05) is 13.0 Å². The van der Waals surface area contributed by atoms with Crippen LogP contribution in [0.15, 0.2) is 36.7 Å². The van der Waals surface area contributed by atoms with Gasteiger partial charge in [0.1, 0.15) is 11.6 Å². The van der Waals surface area contributed by atoms with Crippen molar-refractivity contribution in [2.45, 2.75) is 31.6 Å². The van der Waals surface area contributed by atoms with Crippen LogP contribution >= 0.6 is 0 Å². The Bertz CT molecular complexity index is 1030. The summed E-state index contributed by atoms with van der Waals surface area (Å²) in [7, 11) is 0. The van der Waals surface area contributed by atoms with Crippen LogP contribution in [0.1, 0.15) is 24.9 Å². The van der Waals surface area contributed by atoms with Crippen molar-refractivity contribution in [1.29, 1.82) is 0 Å². The highest BCUT2D eigenvalue weighted by Gasteiger charge is 2.38. The normalized spacial score (nSPS) is 22.0. The zero-order valence-corrected chi connectivity index (χ0v) is 15.3. The van der Waals surface area contributed by atoms with E-state index in [0.717, 1.165) is 36.7 Å². The number of hydrogen-bond donors (Lipinski definition) is 1. The Morgan fingerprint density at radius 2 is 1.96 bits per heavy atom. The summed E-state index contributed by atoms with van der Waals surface area (Å²) in [6.45, 7) is 3.51. The Morgan fingerprint density at radius 1 is 1.18 bits per heavy atom. The Hall–Kier alpha value is -2.87. The summed E-state index contributed by atoms with van der Waals surface area (Å²) in [5.41, 5.74) is 2.60. The summed E-state index contributed by atoms with van der Waals surface area (Å²) in [6.07, 6.45) is 5.11. The number of hydrogen-bond acceptors (Lipinski definition) is 6. The Morgan fingerprint density at radius 3 is 2.71 bits per heavy atom. The Labute approximate surface area is 160 Å². The SMILES string of the molecule is C[C@@H](Nc1cnnc2ncc(N3CC4CC(C3)O4)cc12)c1ccc(F)cc1F. The largest absolute Gasteiger partial charge is 0.377 e. The van der Waals surface area contributed by atoms with Crippen molar-refractivity contribution in [3.63, 3.8) is 0 Å². The molecule has 3 aromatic rings. The van der Waals surface area contributed by atoms with E-state index in [0.29, 0.717) is 29.1 Å². The van der Waals surface area contributed by atoms with Gasteiger partial charge in [-0.1, -0.05) is 6.07 Å². The smallest absolute Gasteiger partial charge is 0.183 e. The van der Waals surface area contributed by atoms with Gasteiger partial charge in [-0.3, -0.25) is 0 Å². The number of halogens is 2. The van der Waals surface area contributed by atoms with Crippen LogP contribution in [0.2, 0.25) is 0 Å². The highest BCUT2D eigenvalue weighted by molar-refractivity contribution is 5.90. The zero-order chi connectivity index (χ0) is 19.3. The summed E-state index contributed by atoms with van der Waals surface area (Å²) < 4.78 is 33.0. The van der Waals surface area contributed by atoms with Gasteiger partial charge in [-0.15, -0.1) is 5.10 Å². The van der Waals surface area contributed by atoms with Crippen molar-refractivity contribution in [3.05, 3.63) is 53.9 Å². The number of aromatic nitrogens is 3. The fraction of sp³-hybridized carbons (Fsp3) is 0.350. The molecule has 3 fully saturated rings. The molecule has 1 N–H and O–H groups in total. The van der Waals surface area contributed by atoms with Crippen molar-refractivity contribution in [3.8, 4) is 0 Å². The predicted octanol–water partition coefficient (Wildman–Crippen LogP) is 3.45. The van der Waals surface area contributed by atoms with Crippen molar-refractivity contribution in [2.75, 3.05) is 23.3 Å². The highest BCUT2D eigenvalue weighted by Crippen LogP contribution is 2.33. The zero-order valence-electron chi connectivity index (χ0n) is 15.3. The molecule has 6 rings (SSSR count). The van der Waals surface area contributed by atoms with Gasteiger partial charge < -0.3 is 15.0 Å². The maximum absolute atomic E-state index is 14.1. The number of pyridine rings is 1. The van der Waals surface area contributed by atoms with Crippen LogP contribution in [-0.4, -0.2) is 40.5 Å². The number of piperidine rings is 1. The molecule has 0 saturated carbocycles. The molecule has 0 aliphatic carbocycles. The molecule has 1 aromatic carbocycles. The molecule has 3 saturated heterocycles. The van der Waals surface area contributed by atoms with Gasteiger partial charge in [0.2, 0.25) is 0 Å². The molecule has 0 radical (unpaired) electrons. The van der Waals surface area contributed by atoms with E-state index >= 15 is 0 Å². The third-order valence-electron chi connectivity index (χ3n) is 5.41. The topological polar surface area (TPSA) is 63.2 Å². The molecule has 0 amide bonds. The van der Waals surface area contributed by atoms with Crippen LogP contribution in [-0.2, 0) is 4.74 Å². The first-order valence-electron chi connectivity index (χ1n) is 9.30. The van der Waals surface area contributed by atoms with Crippen LogP contribution in [0.3, 0.4) is 0 Å². The van der Waals surface area contributed by atoms with E-state index in [1.54, 1.807) is 12.4 Å². The lowest BCUT2D eigenvalue weighted by Gasteiger charge is -2.47. The molecule has 28 heavy (non-hydrogen) atoms. The number of nitrogens with one attached hydrogen (secondary N) is 1. The number of morpholine rings is 1. The molecule has 8 heteroatoms. The third kappa shape index (κ3) is 3.03. The monoisotopic (exact) mass is 383 g/mol. The quantitative estimate of drug-likeness (QED) is 0.745. The number of anilines is 2. The number of benzene rings is 1. The predicted molar refractivity (Wildman–Crippen MR) is 101 cm³/mol. The summed E-state index contributed by atoms with van der Waals surface area (Å²) in [5, 5.41) is 12.2. The average Bonchev–Trinajstić information content (AvgIpc) is 2.67. The van der Waals surface area contributed by atoms with Crippen molar-refractivity contribution in [1.82, 2.24) is 15.2 Å². The first kappa shape index (κ1) is 17.2. The number of ether oxygens (including phenoxy) is 1. The number of fused-ring (bicyclic) bond motifs is 3. The molecule has 5 heterocycles. The average molecular weight is 383 g/mol. The van der Waals surface area contributed by atoms with Gasteiger partial charge in [0, 0.05) is 36.5 Å². The Balaban J connectivity index is 1.46. The van der Waals surface area contributed by atoms with E-state index in [4.69, 9.17) is 4.74 Å². The minimum absolute atomic E-state index is 0.295. The van der Waals surface area contributed by atoms with Crippen LogP contribution in [0, 0.1) is 11.6 Å². The molecule has 2 aromatic heterocycles. The molecule has 6 nitrogen and oxygen atoms in total. The first-order chi connectivity index (χ1) is 13.6. The van der Waals surface area contributed by atoms with Crippen molar-refractivity contribution in [2.24, 2.45) is 0 Å². The molecule has 0 spiro atoms. The number of rotatable bonds is 4. The summed E-state index contributed by atoms with van der Waals surface area (Å²) in [6, 6.07) is 5.23. The van der Waals surface area contributed by atoms with E-state index in [9.17, 15) is 8.78 Å². The minimum atomic E-state index is -0.595. The second-order valence-electron chi connectivity index (χ2n) is 7.38. The summed E-state index contributed by atoms with van der Waals surface area (Å²) in [4.78, 5) is 6.71. The van der Waals surface area contributed by atoms with E-state index in [2.05, 4.69) is 25.4 Å². The van der Waals surface area contributed by atoms with E-state index in [-0.39, 0.29) is 6.04 Å². The van der Waals surface area contributed by atoms with E-state index < -0.39 is 11.6 Å². The molecular weight excluding hydrogens is 364 g/mol. The lowest BCUT2D eigenvalue weighted by atomic mass is 9.98. The molecule has 3 aliphatic heterocycles. The van der Waals surface area contributed by atoms with E-state index in [1.165, 1.54) is 12.1 Å². The lowest BCUT2D eigenvalue weighted by molar-refractivity contribution is -0.133. The van der Waals surface area contributed by atoms with Gasteiger partial charge in [0.15, 0.2) is 5.65 Å². The summed E-state index contributed by atoms with van der Waals surface area (Å²) >= 11 is 0. The van der Waals surface area contributed by atoms with Gasteiger partial charge in [-0.05, 0) is 19.1 Å². The van der Waals surface area contributed by atoms with Gasteiger partial charge in [-0.25, -0.2) is 13.8 Å². The van der Waals surface area contributed by atoms with Crippen molar-refractivity contribution < 1.29 is 13.5 Å². The molecule has 144 valence electrons. The number of nitrogens with zero attached hydrogens (tertiary/aromatic N) is 4. The van der Waals surface area contributed by atoms with Gasteiger partial charge in [0.25, 0.3) is 0 Å². The second-order valence-corrected chi connectivity index (χ2v) is 7.38. The maximum atomic E-state index is 14.1. The van der Waals surface area contributed by atoms with Crippen LogP contribution in [0.25, 0.3) is 11.0 Å². The first-order valence-corrected chi connectivity index (χ1v) is 9.30. The minimum Gasteiger partial charge on any atom is -0.377 e. The lowest BCUT2D eigenvalue weighted by Crippen LogP contribution is -2.57. The fourth-order valence-corrected chi connectivity index (χ4v) is 3.95. The third-order valence-corrected chi connectivity index (χ3v) is 5.41. The second kappa shape index (κ2) is 6.63. The maximum Gasteiger partial charge on any atom is 0.183 e. The van der Waals surface area contributed by atoms with Gasteiger partial charge >= 0.3 is 0 Å². The van der Waals surface area contributed by atoms with Crippen LogP contribution in [0.5, 0.6) is 0 Å². The molecular formula is C20H19F2N5O. The molecule has 3 aliphatic rings. The summed E-state index contributed by atoms with van der Waals surface area (Å²) in [5.74, 6) is -1.18. The van der Waals surface area contributed by atoms with Crippen LogP contribution in [0.4, 0.5) is 20.2 Å². The molecule has 3 atom stereocenters. The molecule has 2 bridgehead atoms. The standard InChI is InChI=1S/C20H19F2N5O/c1-11(16-3-2-12(21)4-18(16)22)25-19-8-24-26-20-17(19)5-13(7-23-20)27-9-14-6-15(10-27)28-14/h2-5,7-8,11,14-15H,6,9-10H2,1H3,(H,23,25,26)/t11-,14?,15?/m1/s1. The highest BCUT2D eigenvalue weighted by atomic mass is 19.1. The Kier molecular flexibility index (Phi) is 4.08. The fourth-order valence-electron chi connectivity index (χ4n) is 3.95.